The van der Waals surface area contributed by atoms with Gasteiger partial charge in [0.25, 0.3) is 5.91 Å². The number of nitrogens with one attached hydrogen (secondary N) is 1. The predicted octanol–water partition coefficient (Wildman–Crippen LogP) is 5.06. The molecular formula is C22H23ClF3N5O. The molecule has 1 aromatic carbocycles. The summed E-state index contributed by atoms with van der Waals surface area (Å²) in [6.07, 6.45) is -2.55. The number of rotatable bonds is 7. The first-order chi connectivity index (χ1) is 15.2. The van der Waals surface area contributed by atoms with Gasteiger partial charge in [0.05, 0.1) is 33.4 Å². The monoisotopic (exact) mass is 465 g/mol. The summed E-state index contributed by atoms with van der Waals surface area (Å²) >= 11 is 6.00. The zero-order chi connectivity index (χ0) is 23.0. The highest BCUT2D eigenvalue weighted by Gasteiger charge is 2.41. The standard InChI is InChI=1S/C22H23ClF3N5O/c1-13-17(14(2)31(28-13)16-7-4-3-5-8-16)21(32)27-11-6-12-30-19(15-9-10-15)18(23)20(29-30)22(24,25)26/h3-5,7-8,15H,6,9-12H2,1-2H3,(H,27,32). The fourth-order valence-corrected chi connectivity index (χ4v) is 4.26. The van der Waals surface area contributed by atoms with Crippen molar-refractivity contribution in [2.45, 2.75) is 51.7 Å². The number of halogens is 4. The van der Waals surface area contributed by atoms with E-state index in [-0.39, 0.29) is 29.9 Å². The maximum absolute atomic E-state index is 13.2. The van der Waals surface area contributed by atoms with Gasteiger partial charge >= 0.3 is 6.18 Å². The van der Waals surface area contributed by atoms with Crippen LogP contribution in [-0.2, 0) is 12.7 Å². The third kappa shape index (κ3) is 4.39. The van der Waals surface area contributed by atoms with E-state index in [1.165, 1.54) is 4.68 Å². The summed E-state index contributed by atoms with van der Waals surface area (Å²) in [6, 6.07) is 9.51. The number of aryl methyl sites for hydroxylation is 2. The normalized spacial score (nSPS) is 14.1. The average Bonchev–Trinajstić information content (AvgIpc) is 3.45. The van der Waals surface area contributed by atoms with E-state index in [0.717, 1.165) is 24.2 Å². The molecule has 1 saturated carbocycles. The number of hydrogen-bond acceptors (Lipinski definition) is 3. The maximum atomic E-state index is 13.2. The van der Waals surface area contributed by atoms with E-state index < -0.39 is 11.9 Å². The number of amides is 1. The molecule has 0 saturated heterocycles. The average molecular weight is 466 g/mol. The molecule has 0 spiro atoms. The molecule has 10 heteroatoms. The molecule has 0 atom stereocenters. The molecule has 1 aliphatic rings. The summed E-state index contributed by atoms with van der Waals surface area (Å²) in [6.45, 7) is 4.13. The van der Waals surface area contributed by atoms with E-state index in [2.05, 4.69) is 15.5 Å². The highest BCUT2D eigenvalue weighted by atomic mass is 35.5. The van der Waals surface area contributed by atoms with Crippen molar-refractivity contribution >= 4 is 17.5 Å². The summed E-state index contributed by atoms with van der Waals surface area (Å²) in [4.78, 5) is 12.8. The zero-order valence-electron chi connectivity index (χ0n) is 17.7. The van der Waals surface area contributed by atoms with Crippen LogP contribution in [0.25, 0.3) is 5.69 Å². The number of aromatic nitrogens is 4. The molecule has 3 aromatic rings. The third-order valence-corrected chi connectivity index (χ3v) is 5.89. The third-order valence-electron chi connectivity index (χ3n) is 5.52. The number of nitrogens with zero attached hydrogens (tertiary/aromatic N) is 4. The van der Waals surface area contributed by atoms with Gasteiger partial charge in [-0.25, -0.2) is 4.68 Å². The van der Waals surface area contributed by atoms with Crippen LogP contribution in [0.4, 0.5) is 13.2 Å². The summed E-state index contributed by atoms with van der Waals surface area (Å²) in [5.74, 6) is -0.242. The Morgan fingerprint density at radius 3 is 2.50 bits per heavy atom. The van der Waals surface area contributed by atoms with E-state index in [0.29, 0.717) is 23.4 Å². The lowest BCUT2D eigenvalue weighted by molar-refractivity contribution is -0.141. The van der Waals surface area contributed by atoms with Gasteiger partial charge in [-0.15, -0.1) is 0 Å². The number of carbonyl (C=O) groups is 1. The minimum atomic E-state index is -4.59. The molecule has 0 bridgehead atoms. The maximum Gasteiger partial charge on any atom is 0.436 e. The molecule has 4 rings (SSSR count). The number of hydrogen-bond donors (Lipinski definition) is 1. The smallest absolute Gasteiger partial charge is 0.352 e. The molecule has 1 aliphatic carbocycles. The van der Waals surface area contributed by atoms with Gasteiger partial charge in [0.15, 0.2) is 5.69 Å². The minimum absolute atomic E-state index is 0.0230. The molecule has 0 aliphatic heterocycles. The molecule has 0 radical (unpaired) electrons. The van der Waals surface area contributed by atoms with Crippen LogP contribution < -0.4 is 5.32 Å². The fraction of sp³-hybridized carbons (Fsp3) is 0.409. The van der Waals surface area contributed by atoms with E-state index in [1.807, 2.05) is 37.3 Å². The lowest BCUT2D eigenvalue weighted by Crippen LogP contribution is -2.26. The topological polar surface area (TPSA) is 64.7 Å². The Bertz CT molecular complexity index is 1130. The van der Waals surface area contributed by atoms with E-state index >= 15 is 0 Å². The highest BCUT2D eigenvalue weighted by molar-refractivity contribution is 6.32. The molecule has 32 heavy (non-hydrogen) atoms. The van der Waals surface area contributed by atoms with Gasteiger partial charge in [-0.1, -0.05) is 29.8 Å². The van der Waals surface area contributed by atoms with Crippen molar-refractivity contribution in [2.24, 2.45) is 0 Å². The summed E-state index contributed by atoms with van der Waals surface area (Å²) in [7, 11) is 0. The second-order valence-corrected chi connectivity index (χ2v) is 8.32. The Balaban J connectivity index is 1.41. The van der Waals surface area contributed by atoms with Crippen molar-refractivity contribution in [1.29, 1.82) is 0 Å². The first-order valence-corrected chi connectivity index (χ1v) is 10.8. The van der Waals surface area contributed by atoms with E-state index in [4.69, 9.17) is 11.6 Å². The molecule has 6 nitrogen and oxygen atoms in total. The predicted molar refractivity (Wildman–Crippen MR) is 114 cm³/mol. The lowest BCUT2D eigenvalue weighted by atomic mass is 10.2. The number of alkyl halides is 3. The van der Waals surface area contributed by atoms with Crippen molar-refractivity contribution in [1.82, 2.24) is 24.9 Å². The van der Waals surface area contributed by atoms with Crippen molar-refractivity contribution in [2.75, 3.05) is 6.54 Å². The highest BCUT2D eigenvalue weighted by Crippen LogP contribution is 2.46. The largest absolute Gasteiger partial charge is 0.436 e. The van der Waals surface area contributed by atoms with E-state index in [1.54, 1.807) is 11.6 Å². The molecule has 2 heterocycles. The fourth-order valence-electron chi connectivity index (χ4n) is 3.86. The van der Waals surface area contributed by atoms with Gasteiger partial charge in [-0.2, -0.15) is 23.4 Å². The van der Waals surface area contributed by atoms with Crippen molar-refractivity contribution in [3.05, 3.63) is 63.7 Å². The van der Waals surface area contributed by atoms with Gasteiger partial charge in [0.1, 0.15) is 0 Å². The van der Waals surface area contributed by atoms with Crippen LogP contribution in [0.15, 0.2) is 30.3 Å². The Kier molecular flexibility index (Phi) is 6.03. The van der Waals surface area contributed by atoms with Gasteiger partial charge in [0.2, 0.25) is 0 Å². The number of carbonyl (C=O) groups excluding carboxylic acids is 1. The first-order valence-electron chi connectivity index (χ1n) is 10.4. The molecule has 1 N–H and O–H groups in total. The first kappa shape index (κ1) is 22.4. The summed E-state index contributed by atoms with van der Waals surface area (Å²) in [5.41, 5.74) is 2.08. The Labute approximate surface area is 188 Å². The molecular weight excluding hydrogens is 443 g/mol. The summed E-state index contributed by atoms with van der Waals surface area (Å²) in [5, 5.41) is 10.7. The van der Waals surface area contributed by atoms with Gasteiger partial charge in [-0.3, -0.25) is 9.48 Å². The van der Waals surface area contributed by atoms with Gasteiger partial charge in [-0.05, 0) is 45.2 Å². The zero-order valence-corrected chi connectivity index (χ0v) is 18.5. The Morgan fingerprint density at radius 1 is 1.19 bits per heavy atom. The van der Waals surface area contributed by atoms with Crippen LogP contribution in [0.1, 0.15) is 58.3 Å². The molecule has 1 amide bonds. The van der Waals surface area contributed by atoms with Gasteiger partial charge in [0, 0.05) is 19.0 Å². The van der Waals surface area contributed by atoms with Crippen LogP contribution in [0.2, 0.25) is 5.02 Å². The second-order valence-electron chi connectivity index (χ2n) is 7.95. The summed E-state index contributed by atoms with van der Waals surface area (Å²) < 4.78 is 42.6. The Morgan fingerprint density at radius 2 is 1.88 bits per heavy atom. The molecule has 1 fully saturated rings. The van der Waals surface area contributed by atoms with Crippen LogP contribution in [-0.4, -0.2) is 32.0 Å². The van der Waals surface area contributed by atoms with Crippen molar-refractivity contribution < 1.29 is 18.0 Å². The second kappa shape index (κ2) is 8.61. The molecule has 2 aromatic heterocycles. The van der Waals surface area contributed by atoms with Crippen LogP contribution >= 0.6 is 11.6 Å². The number of benzene rings is 1. The van der Waals surface area contributed by atoms with E-state index in [9.17, 15) is 18.0 Å². The minimum Gasteiger partial charge on any atom is -0.352 e. The van der Waals surface area contributed by atoms with Crippen LogP contribution in [0.5, 0.6) is 0 Å². The van der Waals surface area contributed by atoms with Gasteiger partial charge < -0.3 is 5.32 Å². The van der Waals surface area contributed by atoms with Crippen LogP contribution in [0.3, 0.4) is 0 Å². The van der Waals surface area contributed by atoms with Crippen LogP contribution in [0, 0.1) is 13.8 Å². The quantitative estimate of drug-likeness (QED) is 0.496. The van der Waals surface area contributed by atoms with Crippen molar-refractivity contribution in [3.8, 4) is 5.69 Å². The Hall–Kier alpha value is -2.81. The number of para-hydroxylation sites is 1. The lowest BCUT2D eigenvalue weighted by Gasteiger charge is -2.09. The molecule has 0 unspecified atom stereocenters. The molecule has 170 valence electrons. The SMILES string of the molecule is Cc1nn(-c2ccccc2)c(C)c1C(=O)NCCCn1nc(C(F)(F)F)c(Cl)c1C1CC1. The van der Waals surface area contributed by atoms with Crippen molar-refractivity contribution in [3.63, 3.8) is 0 Å².